The molecule has 7 heteroatoms. The van der Waals surface area contributed by atoms with Gasteiger partial charge in [-0.1, -0.05) is 54.1 Å². The maximum absolute atomic E-state index is 11.6. The fourth-order valence-corrected chi connectivity index (χ4v) is 4.40. The van der Waals surface area contributed by atoms with Gasteiger partial charge in [0, 0.05) is 41.2 Å². The Labute approximate surface area is 225 Å². The molecule has 5 aromatic rings. The number of rotatable bonds is 8. The lowest BCUT2D eigenvalue weighted by Gasteiger charge is -2.15. The zero-order valence-electron chi connectivity index (χ0n) is 20.5. The molecule has 186 valence electrons. The number of carbonyl (C=O) groups excluding carboxylic acids is 1. The van der Waals surface area contributed by atoms with Crippen LogP contribution in [-0.4, -0.2) is 16.3 Å². The quantitative estimate of drug-likeness (QED) is 0.203. The van der Waals surface area contributed by atoms with E-state index in [1.165, 1.54) is 12.3 Å². The van der Waals surface area contributed by atoms with Gasteiger partial charge in [0.15, 0.2) is 6.29 Å². The Bertz CT molecular complexity index is 1690. The first kappa shape index (κ1) is 24.9. The molecule has 0 atom stereocenters. The van der Waals surface area contributed by atoms with Crippen molar-refractivity contribution >= 4 is 28.7 Å². The first-order valence-corrected chi connectivity index (χ1v) is 12.3. The summed E-state index contributed by atoms with van der Waals surface area (Å²) in [5.74, 6) is 0.720. The second-order valence-electron chi connectivity index (χ2n) is 8.72. The molecule has 0 saturated heterocycles. The number of ether oxygens (including phenoxy) is 2. The maximum atomic E-state index is 11.6. The van der Waals surface area contributed by atoms with Gasteiger partial charge < -0.3 is 9.47 Å². The van der Waals surface area contributed by atoms with Crippen LogP contribution in [-0.2, 0) is 13.2 Å². The third-order valence-corrected chi connectivity index (χ3v) is 6.54. The van der Waals surface area contributed by atoms with E-state index < -0.39 is 0 Å². The van der Waals surface area contributed by atoms with Crippen molar-refractivity contribution in [3.63, 3.8) is 0 Å². The van der Waals surface area contributed by atoms with Gasteiger partial charge in [-0.05, 0) is 41.6 Å². The highest BCUT2D eigenvalue weighted by Gasteiger charge is 2.14. The standard InChI is InChI=1S/C31H22ClN3O3/c1-20-25(7-4-8-27(20)29-11-23-5-2-3-6-24(23)16-35-29)19-38-31-12-30(26(17-36)10-28(31)32)37-18-22-9-21(13-33)14-34-15-22/h2-12,14-17H,18-19H2,1H3. The first-order chi connectivity index (χ1) is 18.6. The number of nitrogens with zero attached hydrogens (tertiary/aromatic N) is 3. The molecule has 0 aliphatic carbocycles. The average molecular weight is 520 g/mol. The number of benzene rings is 3. The molecule has 3 aromatic carbocycles. The van der Waals surface area contributed by atoms with Crippen LogP contribution in [0.5, 0.6) is 11.5 Å². The molecule has 0 aliphatic heterocycles. The van der Waals surface area contributed by atoms with Crippen LogP contribution in [0.1, 0.15) is 32.6 Å². The van der Waals surface area contributed by atoms with Gasteiger partial charge in [0.05, 0.1) is 21.8 Å². The second-order valence-corrected chi connectivity index (χ2v) is 9.12. The van der Waals surface area contributed by atoms with E-state index in [1.54, 1.807) is 18.3 Å². The van der Waals surface area contributed by atoms with Crippen LogP contribution >= 0.6 is 11.6 Å². The van der Waals surface area contributed by atoms with E-state index in [-0.39, 0.29) is 13.2 Å². The summed E-state index contributed by atoms with van der Waals surface area (Å²) in [6, 6.07) is 23.1. The lowest BCUT2D eigenvalue weighted by molar-refractivity contribution is 0.111. The SMILES string of the molecule is Cc1c(COc2cc(OCc3cncc(C#N)c3)c(C=O)cc2Cl)cccc1-c1cc2ccccc2cn1. The van der Waals surface area contributed by atoms with E-state index in [9.17, 15) is 4.79 Å². The largest absolute Gasteiger partial charge is 0.488 e. The van der Waals surface area contributed by atoms with Gasteiger partial charge in [-0.15, -0.1) is 0 Å². The normalized spacial score (nSPS) is 10.7. The Morgan fingerprint density at radius 2 is 1.74 bits per heavy atom. The van der Waals surface area contributed by atoms with E-state index in [0.717, 1.165) is 33.2 Å². The monoisotopic (exact) mass is 519 g/mol. The van der Waals surface area contributed by atoms with E-state index >= 15 is 0 Å². The van der Waals surface area contributed by atoms with E-state index in [0.29, 0.717) is 39.5 Å². The molecule has 2 heterocycles. The van der Waals surface area contributed by atoms with E-state index in [2.05, 4.69) is 22.1 Å². The number of hydrogen-bond donors (Lipinski definition) is 0. The molecule has 0 aliphatic rings. The highest BCUT2D eigenvalue weighted by atomic mass is 35.5. The Balaban J connectivity index is 1.36. The zero-order chi connectivity index (χ0) is 26.5. The van der Waals surface area contributed by atoms with Gasteiger partial charge in [-0.2, -0.15) is 5.26 Å². The first-order valence-electron chi connectivity index (χ1n) is 11.9. The molecule has 0 bridgehead atoms. The molecule has 2 aromatic heterocycles. The maximum Gasteiger partial charge on any atom is 0.153 e. The summed E-state index contributed by atoms with van der Waals surface area (Å²) in [4.78, 5) is 20.3. The minimum Gasteiger partial charge on any atom is -0.488 e. The molecule has 6 nitrogen and oxygen atoms in total. The van der Waals surface area contributed by atoms with Crippen molar-refractivity contribution in [1.29, 1.82) is 5.26 Å². The van der Waals surface area contributed by atoms with Crippen LogP contribution in [0.2, 0.25) is 5.02 Å². The Kier molecular flexibility index (Phi) is 7.30. The number of halogens is 1. The average Bonchev–Trinajstić information content (AvgIpc) is 2.96. The van der Waals surface area contributed by atoms with E-state index in [4.69, 9.17) is 26.3 Å². The summed E-state index contributed by atoms with van der Waals surface area (Å²) in [7, 11) is 0. The predicted molar refractivity (Wildman–Crippen MR) is 146 cm³/mol. The minimum absolute atomic E-state index is 0.129. The van der Waals surface area contributed by atoms with Crippen molar-refractivity contribution in [3.8, 4) is 28.8 Å². The minimum atomic E-state index is 0.129. The highest BCUT2D eigenvalue weighted by Crippen LogP contribution is 2.34. The lowest BCUT2D eigenvalue weighted by atomic mass is 9.99. The summed E-state index contributed by atoms with van der Waals surface area (Å²) in [6.07, 6.45) is 5.64. The number of hydrogen-bond acceptors (Lipinski definition) is 6. The van der Waals surface area contributed by atoms with Crippen molar-refractivity contribution in [2.24, 2.45) is 0 Å². The molecule has 0 radical (unpaired) electrons. The van der Waals surface area contributed by atoms with Crippen LogP contribution in [0.25, 0.3) is 22.0 Å². The van der Waals surface area contributed by atoms with Gasteiger partial charge >= 0.3 is 0 Å². The molecule has 0 N–H and O–H groups in total. The van der Waals surface area contributed by atoms with Crippen LogP contribution in [0, 0.1) is 18.3 Å². The van der Waals surface area contributed by atoms with E-state index in [1.807, 2.05) is 55.6 Å². The predicted octanol–water partition coefficient (Wildman–Crippen LogP) is 7.10. The zero-order valence-corrected chi connectivity index (χ0v) is 21.3. The number of pyridine rings is 2. The summed E-state index contributed by atoms with van der Waals surface area (Å²) in [5.41, 5.74) is 5.38. The molecular formula is C31H22ClN3O3. The van der Waals surface area contributed by atoms with Gasteiger partial charge in [0.25, 0.3) is 0 Å². The molecule has 0 fully saturated rings. The fraction of sp³-hybridized carbons (Fsp3) is 0.0968. The molecule has 0 spiro atoms. The van der Waals surface area contributed by atoms with Crippen molar-refractivity contribution in [3.05, 3.63) is 118 Å². The third kappa shape index (κ3) is 5.34. The van der Waals surface area contributed by atoms with Crippen LogP contribution in [0.15, 0.2) is 85.3 Å². The molecule has 38 heavy (non-hydrogen) atoms. The molecule has 0 saturated carbocycles. The van der Waals surface area contributed by atoms with Crippen molar-refractivity contribution in [2.75, 3.05) is 0 Å². The summed E-state index contributed by atoms with van der Waals surface area (Å²) in [5, 5.41) is 11.6. The van der Waals surface area contributed by atoms with Gasteiger partial charge in [-0.3, -0.25) is 14.8 Å². The van der Waals surface area contributed by atoms with Crippen molar-refractivity contribution in [2.45, 2.75) is 20.1 Å². The summed E-state index contributed by atoms with van der Waals surface area (Å²) < 4.78 is 12.0. The molecule has 0 amide bonds. The third-order valence-electron chi connectivity index (χ3n) is 6.25. The van der Waals surface area contributed by atoms with Crippen LogP contribution in [0.4, 0.5) is 0 Å². The van der Waals surface area contributed by atoms with Gasteiger partial charge in [-0.25, -0.2) is 0 Å². The van der Waals surface area contributed by atoms with Crippen LogP contribution < -0.4 is 9.47 Å². The number of aromatic nitrogens is 2. The Morgan fingerprint density at radius 1 is 0.921 bits per heavy atom. The molecule has 5 rings (SSSR count). The van der Waals surface area contributed by atoms with Gasteiger partial charge in [0.2, 0.25) is 0 Å². The van der Waals surface area contributed by atoms with Gasteiger partial charge in [0.1, 0.15) is 30.8 Å². The summed E-state index contributed by atoms with van der Waals surface area (Å²) >= 11 is 6.43. The number of fused-ring (bicyclic) bond motifs is 1. The molecular weight excluding hydrogens is 498 g/mol. The summed E-state index contributed by atoms with van der Waals surface area (Å²) in [6.45, 7) is 2.44. The van der Waals surface area contributed by atoms with Crippen molar-refractivity contribution < 1.29 is 14.3 Å². The Hall–Kier alpha value is -4.73. The number of nitriles is 1. The highest BCUT2D eigenvalue weighted by molar-refractivity contribution is 6.32. The van der Waals surface area contributed by atoms with Crippen molar-refractivity contribution in [1.82, 2.24) is 9.97 Å². The number of carbonyl (C=O) groups is 1. The number of aldehydes is 1. The topological polar surface area (TPSA) is 85.1 Å². The van der Waals surface area contributed by atoms with Crippen LogP contribution in [0.3, 0.4) is 0 Å². The lowest BCUT2D eigenvalue weighted by Crippen LogP contribution is -2.03. The smallest absolute Gasteiger partial charge is 0.153 e. The fourth-order valence-electron chi connectivity index (χ4n) is 4.17. The second kappa shape index (κ2) is 11.1. The molecule has 0 unspecified atom stereocenters. The Morgan fingerprint density at radius 3 is 2.55 bits per heavy atom.